The predicted molar refractivity (Wildman–Crippen MR) is 74.6 cm³/mol. The first-order valence-corrected chi connectivity index (χ1v) is 6.17. The highest BCUT2D eigenvalue weighted by molar-refractivity contribution is 5.81. The Balaban J connectivity index is 1.92. The Morgan fingerprint density at radius 2 is 1.72 bits per heavy atom. The number of oxime groups is 1. The minimum atomic E-state index is 0.506. The van der Waals surface area contributed by atoms with Gasteiger partial charge in [0, 0.05) is 0 Å². The summed E-state index contributed by atoms with van der Waals surface area (Å²) in [4.78, 5) is 5.29. The van der Waals surface area contributed by atoms with E-state index in [1.807, 2.05) is 48.5 Å². The van der Waals surface area contributed by atoms with Gasteiger partial charge in [0.15, 0.2) is 0 Å². The van der Waals surface area contributed by atoms with E-state index in [0.29, 0.717) is 6.61 Å². The smallest absolute Gasteiger partial charge is 0.142 e. The fourth-order valence-electron chi connectivity index (χ4n) is 1.76. The van der Waals surface area contributed by atoms with E-state index in [0.717, 1.165) is 17.5 Å². The lowest BCUT2D eigenvalue weighted by Gasteiger charge is -2.02. The van der Waals surface area contributed by atoms with Gasteiger partial charge in [0.2, 0.25) is 0 Å². The molecule has 0 saturated heterocycles. The molecule has 92 valence electrons. The summed E-state index contributed by atoms with van der Waals surface area (Å²) in [7, 11) is 0. The van der Waals surface area contributed by atoms with Crippen LogP contribution in [-0.4, -0.2) is 6.21 Å². The number of benzene rings is 2. The van der Waals surface area contributed by atoms with Gasteiger partial charge in [-0.05, 0) is 23.1 Å². The van der Waals surface area contributed by atoms with Crippen molar-refractivity contribution in [1.29, 1.82) is 0 Å². The standard InChI is InChI=1S/C16H17NO/c1-2-15-10-6-7-11-16(15)12-17-18-13-14-8-4-3-5-9-14/h3-12H,2,13H2,1H3. The van der Waals surface area contributed by atoms with E-state index < -0.39 is 0 Å². The van der Waals surface area contributed by atoms with Gasteiger partial charge >= 0.3 is 0 Å². The van der Waals surface area contributed by atoms with Crippen molar-refractivity contribution in [3.8, 4) is 0 Å². The van der Waals surface area contributed by atoms with Gasteiger partial charge in [0.05, 0.1) is 6.21 Å². The van der Waals surface area contributed by atoms with Crippen LogP contribution in [0.25, 0.3) is 0 Å². The van der Waals surface area contributed by atoms with Gasteiger partial charge in [-0.3, -0.25) is 0 Å². The first-order valence-electron chi connectivity index (χ1n) is 6.17. The van der Waals surface area contributed by atoms with E-state index in [4.69, 9.17) is 4.84 Å². The van der Waals surface area contributed by atoms with Crippen LogP contribution in [0.1, 0.15) is 23.6 Å². The molecule has 0 aliphatic heterocycles. The predicted octanol–water partition coefficient (Wildman–Crippen LogP) is 3.80. The fraction of sp³-hybridized carbons (Fsp3) is 0.188. The molecule has 0 atom stereocenters. The van der Waals surface area contributed by atoms with Gasteiger partial charge in [-0.25, -0.2) is 0 Å². The molecule has 2 heteroatoms. The number of hydrogen-bond donors (Lipinski definition) is 0. The topological polar surface area (TPSA) is 21.6 Å². The maximum atomic E-state index is 5.29. The molecule has 0 saturated carbocycles. The van der Waals surface area contributed by atoms with Crippen molar-refractivity contribution in [1.82, 2.24) is 0 Å². The van der Waals surface area contributed by atoms with Gasteiger partial charge in [-0.1, -0.05) is 66.7 Å². The van der Waals surface area contributed by atoms with Crippen LogP contribution in [0, 0.1) is 0 Å². The SMILES string of the molecule is CCc1ccccc1C=NOCc1ccccc1. The Morgan fingerprint density at radius 3 is 2.50 bits per heavy atom. The molecule has 2 aromatic rings. The van der Waals surface area contributed by atoms with Crippen LogP contribution in [0.2, 0.25) is 0 Å². The zero-order valence-electron chi connectivity index (χ0n) is 10.5. The third kappa shape index (κ3) is 3.45. The summed E-state index contributed by atoms with van der Waals surface area (Å²) in [5.74, 6) is 0. The molecule has 2 aromatic carbocycles. The minimum Gasteiger partial charge on any atom is -0.391 e. The van der Waals surface area contributed by atoms with Crippen molar-refractivity contribution in [2.24, 2.45) is 5.16 Å². The van der Waals surface area contributed by atoms with E-state index in [1.165, 1.54) is 5.56 Å². The van der Waals surface area contributed by atoms with Crippen LogP contribution in [0.4, 0.5) is 0 Å². The number of hydrogen-bond acceptors (Lipinski definition) is 2. The lowest BCUT2D eigenvalue weighted by molar-refractivity contribution is 0.132. The number of aryl methyl sites for hydroxylation is 1. The summed E-state index contributed by atoms with van der Waals surface area (Å²) in [6.07, 6.45) is 2.78. The Kier molecular flexibility index (Phi) is 4.53. The second kappa shape index (κ2) is 6.60. The van der Waals surface area contributed by atoms with Crippen molar-refractivity contribution >= 4 is 6.21 Å². The van der Waals surface area contributed by atoms with Crippen molar-refractivity contribution in [2.75, 3.05) is 0 Å². The van der Waals surface area contributed by atoms with E-state index in [2.05, 4.69) is 18.1 Å². The molecule has 0 fully saturated rings. The van der Waals surface area contributed by atoms with Crippen LogP contribution in [0.3, 0.4) is 0 Å². The van der Waals surface area contributed by atoms with Gasteiger partial charge < -0.3 is 4.84 Å². The van der Waals surface area contributed by atoms with Gasteiger partial charge in [0.1, 0.15) is 6.61 Å². The quantitative estimate of drug-likeness (QED) is 0.574. The molecule has 0 unspecified atom stereocenters. The van der Waals surface area contributed by atoms with Crippen molar-refractivity contribution in [3.05, 3.63) is 71.3 Å². The summed E-state index contributed by atoms with van der Waals surface area (Å²) in [5, 5.41) is 4.02. The molecule has 18 heavy (non-hydrogen) atoms. The summed E-state index contributed by atoms with van der Waals surface area (Å²) in [6, 6.07) is 18.2. The first-order chi connectivity index (χ1) is 8.90. The molecule has 0 bridgehead atoms. The van der Waals surface area contributed by atoms with Gasteiger partial charge in [0.25, 0.3) is 0 Å². The zero-order chi connectivity index (χ0) is 12.6. The Labute approximate surface area is 108 Å². The molecular formula is C16H17NO. The zero-order valence-corrected chi connectivity index (χ0v) is 10.5. The molecule has 0 aliphatic carbocycles. The molecule has 0 heterocycles. The first kappa shape index (κ1) is 12.4. The summed E-state index contributed by atoms with van der Waals surface area (Å²) < 4.78 is 0. The molecular weight excluding hydrogens is 222 g/mol. The van der Waals surface area contributed by atoms with E-state index in [-0.39, 0.29) is 0 Å². The second-order valence-electron chi connectivity index (χ2n) is 4.05. The van der Waals surface area contributed by atoms with Crippen molar-refractivity contribution in [3.63, 3.8) is 0 Å². The molecule has 0 aromatic heterocycles. The van der Waals surface area contributed by atoms with Crippen LogP contribution >= 0.6 is 0 Å². The molecule has 0 amide bonds. The summed E-state index contributed by atoms with van der Waals surface area (Å²) in [5.41, 5.74) is 3.52. The highest BCUT2D eigenvalue weighted by atomic mass is 16.6. The summed E-state index contributed by atoms with van der Waals surface area (Å²) in [6.45, 7) is 2.64. The van der Waals surface area contributed by atoms with Crippen LogP contribution in [0.5, 0.6) is 0 Å². The van der Waals surface area contributed by atoms with Crippen molar-refractivity contribution in [2.45, 2.75) is 20.0 Å². The van der Waals surface area contributed by atoms with E-state index in [1.54, 1.807) is 6.21 Å². The average Bonchev–Trinajstić information content (AvgIpc) is 2.45. The number of nitrogens with zero attached hydrogens (tertiary/aromatic N) is 1. The van der Waals surface area contributed by atoms with Crippen LogP contribution < -0.4 is 0 Å². The maximum Gasteiger partial charge on any atom is 0.142 e. The molecule has 0 N–H and O–H groups in total. The lowest BCUT2D eigenvalue weighted by atomic mass is 10.1. The third-order valence-corrected chi connectivity index (χ3v) is 2.78. The van der Waals surface area contributed by atoms with Crippen molar-refractivity contribution < 1.29 is 4.84 Å². The summed E-state index contributed by atoms with van der Waals surface area (Å²) >= 11 is 0. The lowest BCUT2D eigenvalue weighted by Crippen LogP contribution is -1.92. The second-order valence-corrected chi connectivity index (χ2v) is 4.05. The van der Waals surface area contributed by atoms with Crippen LogP contribution in [0.15, 0.2) is 59.8 Å². The largest absolute Gasteiger partial charge is 0.391 e. The Bertz CT molecular complexity index is 506. The Hall–Kier alpha value is -2.09. The molecule has 2 nitrogen and oxygen atoms in total. The van der Waals surface area contributed by atoms with Gasteiger partial charge in [-0.15, -0.1) is 0 Å². The van der Waals surface area contributed by atoms with Crippen LogP contribution in [-0.2, 0) is 17.9 Å². The molecule has 0 aliphatic rings. The highest BCUT2D eigenvalue weighted by Gasteiger charge is 1.95. The molecule has 0 spiro atoms. The average molecular weight is 239 g/mol. The number of rotatable bonds is 5. The van der Waals surface area contributed by atoms with E-state index >= 15 is 0 Å². The fourth-order valence-corrected chi connectivity index (χ4v) is 1.76. The van der Waals surface area contributed by atoms with E-state index in [9.17, 15) is 0 Å². The molecule has 2 rings (SSSR count). The highest BCUT2D eigenvalue weighted by Crippen LogP contribution is 2.07. The Morgan fingerprint density at radius 1 is 1.00 bits per heavy atom. The normalized spacial score (nSPS) is 10.7. The minimum absolute atomic E-state index is 0.506. The monoisotopic (exact) mass is 239 g/mol. The third-order valence-electron chi connectivity index (χ3n) is 2.78. The van der Waals surface area contributed by atoms with Gasteiger partial charge in [-0.2, -0.15) is 0 Å². The maximum absolute atomic E-state index is 5.29. The molecule has 0 radical (unpaired) electrons.